The Kier molecular flexibility index (Phi) is 5.60. The van der Waals surface area contributed by atoms with Gasteiger partial charge in [0.2, 0.25) is 0 Å². The normalized spacial score (nSPS) is 13.5. The molecule has 1 aliphatic heterocycles. The fourth-order valence-corrected chi connectivity index (χ4v) is 4.50. The zero-order valence-electron chi connectivity index (χ0n) is 14.8. The largest absolute Gasteiger partial charge is 0.486 e. The second-order valence-corrected chi connectivity index (χ2v) is 8.00. The van der Waals surface area contributed by atoms with Crippen molar-refractivity contribution in [3.63, 3.8) is 0 Å². The molecule has 0 amide bonds. The van der Waals surface area contributed by atoms with E-state index in [0.717, 1.165) is 16.2 Å². The van der Waals surface area contributed by atoms with E-state index in [-0.39, 0.29) is 11.5 Å². The first-order valence-corrected chi connectivity index (χ1v) is 10.6. The van der Waals surface area contributed by atoms with Crippen LogP contribution in [0, 0.1) is 11.3 Å². The first-order valence-electron chi connectivity index (χ1n) is 8.70. The molecular weight excluding hydrogens is 392 g/mol. The molecule has 2 aromatic carbocycles. The highest BCUT2D eigenvalue weighted by Crippen LogP contribution is 2.35. The van der Waals surface area contributed by atoms with Crippen molar-refractivity contribution in [1.29, 1.82) is 5.26 Å². The van der Waals surface area contributed by atoms with Gasteiger partial charge in [-0.2, -0.15) is 5.26 Å². The van der Waals surface area contributed by atoms with E-state index in [1.807, 2.05) is 53.9 Å². The van der Waals surface area contributed by atoms with Crippen LogP contribution in [-0.2, 0) is 4.79 Å². The lowest BCUT2D eigenvalue weighted by atomic mass is 10.1. The Morgan fingerprint density at radius 3 is 2.75 bits per heavy atom. The van der Waals surface area contributed by atoms with Crippen LogP contribution < -0.4 is 9.47 Å². The highest BCUT2D eigenvalue weighted by atomic mass is 32.2. The molecule has 0 aliphatic carbocycles. The molecule has 7 heteroatoms. The number of aromatic nitrogens is 1. The molecule has 4 rings (SSSR count). The third kappa shape index (κ3) is 4.03. The Bertz CT molecular complexity index is 1030. The maximum Gasteiger partial charge on any atom is 0.167 e. The van der Waals surface area contributed by atoms with E-state index in [9.17, 15) is 10.1 Å². The summed E-state index contributed by atoms with van der Waals surface area (Å²) in [6.07, 6.45) is 0. The first kappa shape index (κ1) is 18.5. The number of carbonyl (C=O) groups is 1. The van der Waals surface area contributed by atoms with Crippen molar-refractivity contribution in [3.8, 4) is 28.8 Å². The average molecular weight is 409 g/mol. The minimum absolute atomic E-state index is 0.156. The predicted molar refractivity (Wildman–Crippen MR) is 109 cm³/mol. The van der Waals surface area contributed by atoms with Gasteiger partial charge in [-0.25, -0.2) is 4.98 Å². The van der Waals surface area contributed by atoms with E-state index in [2.05, 4.69) is 11.1 Å². The predicted octanol–water partition coefficient (Wildman–Crippen LogP) is 4.55. The Hall–Kier alpha value is -2.82. The minimum Gasteiger partial charge on any atom is -0.486 e. The Labute approximate surface area is 170 Å². The molecule has 1 aliphatic rings. The van der Waals surface area contributed by atoms with Crippen LogP contribution in [-0.4, -0.2) is 29.7 Å². The smallest absolute Gasteiger partial charge is 0.167 e. The third-order valence-corrected chi connectivity index (χ3v) is 6.11. The van der Waals surface area contributed by atoms with Gasteiger partial charge in [-0.1, -0.05) is 30.3 Å². The fraction of sp³-hybridized carbons (Fsp3) is 0.190. The van der Waals surface area contributed by atoms with Crippen molar-refractivity contribution in [2.45, 2.75) is 10.8 Å². The van der Waals surface area contributed by atoms with Gasteiger partial charge in [0.25, 0.3) is 0 Å². The van der Waals surface area contributed by atoms with Crippen LogP contribution in [0.15, 0.2) is 58.8 Å². The molecule has 0 fully saturated rings. The lowest BCUT2D eigenvalue weighted by molar-refractivity contribution is -0.116. The van der Waals surface area contributed by atoms with E-state index in [1.165, 1.54) is 23.1 Å². The number of thioether (sulfide) groups is 1. The topological polar surface area (TPSA) is 72.2 Å². The molecule has 0 saturated heterocycles. The van der Waals surface area contributed by atoms with Crippen LogP contribution >= 0.6 is 23.1 Å². The number of nitriles is 1. The molecule has 1 unspecified atom stereocenters. The summed E-state index contributed by atoms with van der Waals surface area (Å²) < 4.78 is 11.1. The number of fused-ring (bicyclic) bond motifs is 1. The lowest BCUT2D eigenvalue weighted by Gasteiger charge is -2.18. The van der Waals surface area contributed by atoms with Crippen LogP contribution in [0.1, 0.15) is 10.9 Å². The molecule has 28 heavy (non-hydrogen) atoms. The van der Waals surface area contributed by atoms with Crippen LogP contribution in [0.2, 0.25) is 0 Å². The van der Waals surface area contributed by atoms with Crippen LogP contribution in [0.4, 0.5) is 0 Å². The van der Waals surface area contributed by atoms with Crippen LogP contribution in [0.5, 0.6) is 11.5 Å². The zero-order chi connectivity index (χ0) is 19.3. The summed E-state index contributed by atoms with van der Waals surface area (Å²) in [5.41, 5.74) is 1.76. The fourth-order valence-electron chi connectivity index (χ4n) is 2.78. The summed E-state index contributed by atoms with van der Waals surface area (Å²) in [7, 11) is 0. The number of hydrogen-bond donors (Lipinski definition) is 0. The number of ether oxygens (including phenoxy) is 2. The van der Waals surface area contributed by atoms with Crippen molar-refractivity contribution in [2.75, 3.05) is 19.0 Å². The number of ketones is 1. The number of rotatable bonds is 6. The van der Waals surface area contributed by atoms with Gasteiger partial charge in [0.05, 0.1) is 17.5 Å². The SMILES string of the molecule is N#CC(C(=O)CSc1ccc2c(c1)OCCO2)c1nc(-c2ccccc2)cs1. The molecule has 140 valence electrons. The summed E-state index contributed by atoms with van der Waals surface area (Å²) >= 11 is 2.73. The number of Topliss-reactive ketones (excluding diaryl/α,β-unsaturated/α-hetero) is 1. The number of hydrogen-bond acceptors (Lipinski definition) is 7. The monoisotopic (exact) mass is 408 g/mol. The van der Waals surface area contributed by atoms with Crippen molar-refractivity contribution in [2.24, 2.45) is 0 Å². The van der Waals surface area contributed by atoms with Gasteiger partial charge < -0.3 is 9.47 Å². The number of carbonyl (C=O) groups excluding carboxylic acids is 1. The summed E-state index contributed by atoms with van der Waals surface area (Å²) in [4.78, 5) is 18.1. The highest BCUT2D eigenvalue weighted by Gasteiger charge is 2.24. The van der Waals surface area contributed by atoms with Gasteiger partial charge in [-0.3, -0.25) is 4.79 Å². The average Bonchev–Trinajstić information content (AvgIpc) is 3.23. The van der Waals surface area contributed by atoms with Crippen molar-refractivity contribution in [1.82, 2.24) is 4.98 Å². The van der Waals surface area contributed by atoms with E-state index in [4.69, 9.17) is 9.47 Å². The van der Waals surface area contributed by atoms with Crippen LogP contribution in [0.25, 0.3) is 11.3 Å². The molecule has 0 N–H and O–H groups in total. The Morgan fingerprint density at radius 2 is 1.96 bits per heavy atom. The second-order valence-electron chi connectivity index (χ2n) is 6.06. The molecule has 0 bridgehead atoms. The minimum atomic E-state index is -0.854. The van der Waals surface area contributed by atoms with Gasteiger partial charge in [0, 0.05) is 15.8 Å². The standard InChI is InChI=1S/C21H16N2O3S2/c22-11-16(21-23-17(12-28-21)14-4-2-1-3-5-14)18(24)13-27-15-6-7-19-20(10-15)26-9-8-25-19/h1-7,10,12,16H,8-9,13H2. The van der Waals surface area contributed by atoms with Gasteiger partial charge >= 0.3 is 0 Å². The van der Waals surface area contributed by atoms with Gasteiger partial charge in [0.15, 0.2) is 23.2 Å². The maximum atomic E-state index is 12.6. The van der Waals surface area contributed by atoms with Crippen molar-refractivity contribution >= 4 is 28.9 Å². The van der Waals surface area contributed by atoms with Gasteiger partial charge in [0.1, 0.15) is 18.2 Å². The summed E-state index contributed by atoms with van der Waals surface area (Å²) in [5, 5.41) is 12.0. The van der Waals surface area contributed by atoms with E-state index >= 15 is 0 Å². The second kappa shape index (κ2) is 8.46. The zero-order valence-corrected chi connectivity index (χ0v) is 16.5. The molecule has 2 heterocycles. The maximum absolute atomic E-state index is 12.6. The molecular formula is C21H16N2O3S2. The third-order valence-electron chi connectivity index (χ3n) is 4.18. The highest BCUT2D eigenvalue weighted by molar-refractivity contribution is 8.00. The first-order chi connectivity index (χ1) is 13.7. The van der Waals surface area contributed by atoms with E-state index < -0.39 is 5.92 Å². The number of benzene rings is 2. The van der Waals surface area contributed by atoms with Crippen LogP contribution in [0.3, 0.4) is 0 Å². The van der Waals surface area contributed by atoms with E-state index in [0.29, 0.717) is 29.7 Å². The number of nitrogens with zero attached hydrogens (tertiary/aromatic N) is 2. The van der Waals surface area contributed by atoms with Crippen molar-refractivity contribution < 1.29 is 14.3 Å². The lowest BCUT2D eigenvalue weighted by Crippen LogP contribution is -2.15. The summed E-state index contributed by atoms with van der Waals surface area (Å²) in [6, 6.07) is 17.4. The van der Waals surface area contributed by atoms with E-state index in [1.54, 1.807) is 0 Å². The Morgan fingerprint density at radius 1 is 1.18 bits per heavy atom. The van der Waals surface area contributed by atoms with Crippen molar-refractivity contribution in [3.05, 3.63) is 58.9 Å². The molecule has 1 aromatic heterocycles. The molecule has 5 nitrogen and oxygen atoms in total. The molecule has 1 atom stereocenters. The summed E-state index contributed by atoms with van der Waals surface area (Å²) in [6.45, 7) is 1.06. The van der Waals surface area contributed by atoms with Gasteiger partial charge in [-0.05, 0) is 18.2 Å². The summed E-state index contributed by atoms with van der Waals surface area (Å²) in [5.74, 6) is 0.586. The number of thiazole rings is 1. The molecule has 3 aromatic rings. The van der Waals surface area contributed by atoms with Gasteiger partial charge in [-0.15, -0.1) is 23.1 Å². The quantitative estimate of drug-likeness (QED) is 0.557. The molecule has 0 spiro atoms. The molecule has 0 saturated carbocycles. The Balaban J connectivity index is 1.43. The molecule has 0 radical (unpaired) electrons.